The first kappa shape index (κ1) is 15.3. The fourth-order valence-electron chi connectivity index (χ4n) is 3.92. The molecule has 5 nitrogen and oxygen atoms in total. The summed E-state index contributed by atoms with van der Waals surface area (Å²) in [5.74, 6) is 1.51. The second-order valence-corrected chi connectivity index (χ2v) is 6.93. The highest BCUT2D eigenvalue weighted by Crippen LogP contribution is 2.39. The van der Waals surface area contributed by atoms with Crippen LogP contribution in [0, 0.1) is 0 Å². The summed E-state index contributed by atoms with van der Waals surface area (Å²) in [5, 5.41) is 2.97. The Morgan fingerprint density at radius 2 is 2.04 bits per heavy atom. The van der Waals surface area contributed by atoms with Crippen LogP contribution < -0.4 is 19.7 Å². The molecule has 1 saturated heterocycles. The van der Waals surface area contributed by atoms with Gasteiger partial charge in [-0.25, -0.2) is 0 Å². The number of nitrogens with zero attached hydrogens (tertiary/aromatic N) is 1. The molecule has 26 heavy (non-hydrogen) atoms. The molecule has 132 valence electrons. The third-order valence-corrected chi connectivity index (χ3v) is 5.26. The van der Waals surface area contributed by atoms with Crippen molar-refractivity contribution < 1.29 is 14.3 Å². The van der Waals surface area contributed by atoms with Crippen molar-refractivity contribution in [3.05, 3.63) is 53.6 Å². The van der Waals surface area contributed by atoms with Crippen molar-refractivity contribution in [2.24, 2.45) is 0 Å². The number of anilines is 2. The summed E-state index contributed by atoms with van der Waals surface area (Å²) >= 11 is 0. The Balaban J connectivity index is 1.36. The Bertz CT molecular complexity index is 906. The molecule has 1 fully saturated rings. The molecule has 3 aliphatic heterocycles. The second kappa shape index (κ2) is 6.09. The van der Waals surface area contributed by atoms with E-state index in [1.54, 1.807) is 0 Å². The minimum atomic E-state index is -0.144. The molecule has 1 amide bonds. The zero-order valence-electron chi connectivity index (χ0n) is 14.4. The number of para-hydroxylation sites is 1. The van der Waals surface area contributed by atoms with Crippen molar-refractivity contribution >= 4 is 23.4 Å². The van der Waals surface area contributed by atoms with E-state index in [4.69, 9.17) is 9.47 Å². The first-order valence-corrected chi connectivity index (χ1v) is 9.05. The van der Waals surface area contributed by atoms with E-state index in [1.807, 2.05) is 48.5 Å². The lowest BCUT2D eigenvalue weighted by atomic mass is 10.1. The van der Waals surface area contributed by atoms with E-state index in [2.05, 4.69) is 10.2 Å². The van der Waals surface area contributed by atoms with E-state index in [0.29, 0.717) is 11.6 Å². The summed E-state index contributed by atoms with van der Waals surface area (Å²) in [4.78, 5) is 15.0. The molecule has 2 aromatic rings. The smallest absolute Gasteiger partial charge is 0.255 e. The van der Waals surface area contributed by atoms with Gasteiger partial charge in [-0.05, 0) is 37.1 Å². The van der Waals surface area contributed by atoms with Crippen LogP contribution in [-0.2, 0) is 4.79 Å². The van der Waals surface area contributed by atoms with Gasteiger partial charge >= 0.3 is 0 Å². The molecule has 2 aromatic carbocycles. The molecule has 0 spiro atoms. The van der Waals surface area contributed by atoms with E-state index in [9.17, 15) is 4.79 Å². The number of hydrogen-bond donors (Lipinski definition) is 1. The van der Waals surface area contributed by atoms with Gasteiger partial charge in [-0.2, -0.15) is 0 Å². The van der Waals surface area contributed by atoms with E-state index in [1.165, 1.54) is 12.8 Å². The van der Waals surface area contributed by atoms with Crippen LogP contribution in [0.25, 0.3) is 6.08 Å². The SMILES string of the molecule is O=C(Nc1ccc2c(c1)OC[C@H]1CCCN21)C1=Cc2ccccc2OC1. The van der Waals surface area contributed by atoms with Crippen LogP contribution >= 0.6 is 0 Å². The van der Waals surface area contributed by atoms with Crippen molar-refractivity contribution in [1.29, 1.82) is 0 Å². The summed E-state index contributed by atoms with van der Waals surface area (Å²) < 4.78 is 11.6. The molecule has 0 bridgehead atoms. The Morgan fingerprint density at radius 3 is 3.00 bits per heavy atom. The van der Waals surface area contributed by atoms with Crippen molar-refractivity contribution in [2.75, 3.05) is 30.0 Å². The summed E-state index contributed by atoms with van der Waals surface area (Å²) in [7, 11) is 0. The highest BCUT2D eigenvalue weighted by molar-refractivity contribution is 6.07. The van der Waals surface area contributed by atoms with E-state index in [0.717, 1.165) is 41.6 Å². The van der Waals surface area contributed by atoms with Crippen LogP contribution in [0.3, 0.4) is 0 Å². The zero-order chi connectivity index (χ0) is 17.5. The lowest BCUT2D eigenvalue weighted by Gasteiger charge is -2.33. The molecule has 5 heteroatoms. The van der Waals surface area contributed by atoms with Crippen molar-refractivity contribution in [3.63, 3.8) is 0 Å². The average Bonchev–Trinajstić information content (AvgIpc) is 3.16. The van der Waals surface area contributed by atoms with Crippen LogP contribution in [0.2, 0.25) is 0 Å². The minimum absolute atomic E-state index is 0.144. The largest absolute Gasteiger partial charge is 0.489 e. The number of fused-ring (bicyclic) bond motifs is 4. The lowest BCUT2D eigenvalue weighted by Crippen LogP contribution is -2.38. The van der Waals surface area contributed by atoms with Gasteiger partial charge in [0.25, 0.3) is 5.91 Å². The fraction of sp³-hybridized carbons (Fsp3) is 0.286. The van der Waals surface area contributed by atoms with Gasteiger partial charge < -0.3 is 19.7 Å². The lowest BCUT2D eigenvalue weighted by molar-refractivity contribution is -0.113. The maximum Gasteiger partial charge on any atom is 0.255 e. The van der Waals surface area contributed by atoms with Crippen LogP contribution in [0.5, 0.6) is 11.5 Å². The summed E-state index contributed by atoms with van der Waals surface area (Å²) in [6.07, 6.45) is 4.28. The first-order chi connectivity index (χ1) is 12.8. The molecule has 0 saturated carbocycles. The first-order valence-electron chi connectivity index (χ1n) is 9.05. The van der Waals surface area contributed by atoms with Crippen LogP contribution in [0.4, 0.5) is 11.4 Å². The topological polar surface area (TPSA) is 50.8 Å². The zero-order valence-corrected chi connectivity index (χ0v) is 14.4. The summed E-state index contributed by atoms with van der Waals surface area (Å²) in [6, 6.07) is 14.1. The number of benzene rings is 2. The highest BCUT2D eigenvalue weighted by atomic mass is 16.5. The number of carbonyl (C=O) groups is 1. The molecule has 1 N–H and O–H groups in total. The van der Waals surface area contributed by atoms with Crippen molar-refractivity contribution in [3.8, 4) is 11.5 Å². The molecule has 1 atom stereocenters. The summed E-state index contributed by atoms with van der Waals surface area (Å²) in [5.41, 5.74) is 3.41. The highest BCUT2D eigenvalue weighted by Gasteiger charge is 2.31. The second-order valence-electron chi connectivity index (χ2n) is 6.93. The molecule has 0 aliphatic carbocycles. The minimum Gasteiger partial charge on any atom is -0.489 e. The number of amides is 1. The van der Waals surface area contributed by atoms with Gasteiger partial charge in [0.2, 0.25) is 0 Å². The quantitative estimate of drug-likeness (QED) is 0.903. The van der Waals surface area contributed by atoms with Crippen molar-refractivity contribution in [2.45, 2.75) is 18.9 Å². The third-order valence-electron chi connectivity index (χ3n) is 5.26. The maximum absolute atomic E-state index is 12.6. The number of nitrogens with one attached hydrogen (secondary N) is 1. The van der Waals surface area contributed by atoms with Gasteiger partial charge in [0.15, 0.2) is 0 Å². The average molecular weight is 348 g/mol. The van der Waals surface area contributed by atoms with Crippen LogP contribution in [-0.4, -0.2) is 31.7 Å². The Hall–Kier alpha value is -2.95. The van der Waals surface area contributed by atoms with E-state index in [-0.39, 0.29) is 12.5 Å². The molecule has 3 heterocycles. The number of carbonyl (C=O) groups excluding carboxylic acids is 1. The molecular formula is C21H20N2O3. The van der Waals surface area contributed by atoms with Crippen molar-refractivity contribution in [1.82, 2.24) is 0 Å². The molecule has 0 unspecified atom stereocenters. The Labute approximate surface area is 152 Å². The monoisotopic (exact) mass is 348 g/mol. The standard InChI is InChI=1S/C21H20N2O3/c24-21(15-10-14-4-1-2-6-19(14)25-12-15)22-16-7-8-18-20(11-16)26-13-17-5-3-9-23(17)18/h1-2,4,6-8,10-11,17H,3,5,9,12-13H2,(H,22,24)/t17-/m1/s1. The molecule has 0 aromatic heterocycles. The fourth-order valence-corrected chi connectivity index (χ4v) is 3.92. The molecule has 5 rings (SSSR count). The number of hydrogen-bond acceptors (Lipinski definition) is 4. The maximum atomic E-state index is 12.6. The molecular weight excluding hydrogens is 328 g/mol. The predicted octanol–water partition coefficient (Wildman–Crippen LogP) is 3.46. The molecule has 3 aliphatic rings. The number of ether oxygens (including phenoxy) is 2. The van der Waals surface area contributed by atoms with Gasteiger partial charge in [0, 0.05) is 23.9 Å². The normalized spacial score (nSPS) is 20.1. The number of rotatable bonds is 2. The van der Waals surface area contributed by atoms with Crippen LogP contribution in [0.15, 0.2) is 48.0 Å². The molecule has 0 radical (unpaired) electrons. The van der Waals surface area contributed by atoms with Gasteiger partial charge in [0.05, 0.1) is 17.3 Å². The van der Waals surface area contributed by atoms with E-state index < -0.39 is 0 Å². The Kier molecular flexibility index (Phi) is 3.59. The van der Waals surface area contributed by atoms with Gasteiger partial charge in [-0.1, -0.05) is 18.2 Å². The van der Waals surface area contributed by atoms with E-state index >= 15 is 0 Å². The Morgan fingerprint density at radius 1 is 1.12 bits per heavy atom. The van der Waals surface area contributed by atoms with Crippen LogP contribution in [0.1, 0.15) is 18.4 Å². The van der Waals surface area contributed by atoms with Gasteiger partial charge in [-0.3, -0.25) is 4.79 Å². The predicted molar refractivity (Wildman–Crippen MR) is 101 cm³/mol. The van der Waals surface area contributed by atoms with Gasteiger partial charge in [0.1, 0.15) is 24.7 Å². The third kappa shape index (κ3) is 2.60. The van der Waals surface area contributed by atoms with Gasteiger partial charge in [-0.15, -0.1) is 0 Å². The summed E-state index contributed by atoms with van der Waals surface area (Å²) in [6.45, 7) is 2.08.